The molecule has 2 aromatic heterocycles. The predicted molar refractivity (Wildman–Crippen MR) is 90.1 cm³/mol. The van der Waals surface area contributed by atoms with E-state index in [2.05, 4.69) is 15.5 Å². The smallest absolute Gasteiger partial charge is 0.230 e. The summed E-state index contributed by atoms with van der Waals surface area (Å²) in [5, 5.41) is 11.6. The van der Waals surface area contributed by atoms with E-state index in [9.17, 15) is 9.59 Å². The highest BCUT2D eigenvalue weighted by Gasteiger charge is 2.17. The SMILES string of the molecule is CC(C)CNC(=O)CSc1nnc(-c2ccco2)n1CCC(N)=O. The van der Waals surface area contributed by atoms with Crippen molar-refractivity contribution >= 4 is 23.6 Å². The zero-order chi connectivity index (χ0) is 17.5. The molecule has 0 atom stereocenters. The van der Waals surface area contributed by atoms with Crippen LogP contribution in [0.5, 0.6) is 0 Å². The summed E-state index contributed by atoms with van der Waals surface area (Å²) in [4.78, 5) is 22.9. The lowest BCUT2D eigenvalue weighted by Gasteiger charge is -2.09. The van der Waals surface area contributed by atoms with E-state index in [4.69, 9.17) is 10.2 Å². The maximum atomic E-state index is 11.9. The Kier molecular flexibility index (Phi) is 6.42. The number of rotatable bonds is 9. The van der Waals surface area contributed by atoms with Gasteiger partial charge in [-0.25, -0.2) is 0 Å². The quantitative estimate of drug-likeness (QED) is 0.657. The van der Waals surface area contributed by atoms with Crippen molar-refractivity contribution in [3.05, 3.63) is 18.4 Å². The Bertz CT molecular complexity index is 681. The maximum Gasteiger partial charge on any atom is 0.230 e. The monoisotopic (exact) mass is 351 g/mol. The van der Waals surface area contributed by atoms with Crippen molar-refractivity contribution in [3.63, 3.8) is 0 Å². The van der Waals surface area contributed by atoms with E-state index in [-0.39, 0.29) is 18.1 Å². The first-order valence-corrected chi connectivity index (χ1v) is 8.60. The van der Waals surface area contributed by atoms with E-state index in [1.54, 1.807) is 16.7 Å². The minimum atomic E-state index is -0.417. The van der Waals surface area contributed by atoms with Gasteiger partial charge in [0.1, 0.15) is 0 Å². The molecule has 2 aromatic rings. The van der Waals surface area contributed by atoms with Gasteiger partial charge in [-0.1, -0.05) is 25.6 Å². The molecule has 8 nitrogen and oxygen atoms in total. The number of nitrogens with one attached hydrogen (secondary N) is 1. The molecule has 0 saturated heterocycles. The molecule has 2 amide bonds. The summed E-state index contributed by atoms with van der Waals surface area (Å²) in [5.41, 5.74) is 5.23. The molecule has 130 valence electrons. The van der Waals surface area contributed by atoms with Gasteiger partial charge in [0.25, 0.3) is 0 Å². The second-order valence-corrected chi connectivity index (χ2v) is 6.58. The molecule has 0 unspecified atom stereocenters. The summed E-state index contributed by atoms with van der Waals surface area (Å²) in [6, 6.07) is 3.50. The molecule has 0 aliphatic carbocycles. The highest BCUT2D eigenvalue weighted by molar-refractivity contribution is 7.99. The van der Waals surface area contributed by atoms with Gasteiger partial charge < -0.3 is 15.5 Å². The number of hydrogen-bond acceptors (Lipinski definition) is 6. The molecule has 3 N–H and O–H groups in total. The Labute approximate surface area is 144 Å². The summed E-state index contributed by atoms with van der Waals surface area (Å²) in [6.45, 7) is 5.02. The van der Waals surface area contributed by atoms with Crippen molar-refractivity contribution in [1.29, 1.82) is 0 Å². The highest BCUT2D eigenvalue weighted by Crippen LogP contribution is 2.24. The Balaban J connectivity index is 2.08. The third kappa shape index (κ3) is 5.12. The largest absolute Gasteiger partial charge is 0.461 e. The lowest BCUT2D eigenvalue weighted by atomic mass is 10.2. The fourth-order valence-corrected chi connectivity index (χ4v) is 2.70. The minimum Gasteiger partial charge on any atom is -0.461 e. The number of carbonyl (C=O) groups excluding carboxylic acids is 2. The van der Waals surface area contributed by atoms with Crippen molar-refractivity contribution in [1.82, 2.24) is 20.1 Å². The molecular weight excluding hydrogens is 330 g/mol. The van der Waals surface area contributed by atoms with Gasteiger partial charge in [0, 0.05) is 19.5 Å². The molecule has 0 spiro atoms. The van der Waals surface area contributed by atoms with Crippen LogP contribution < -0.4 is 11.1 Å². The summed E-state index contributed by atoms with van der Waals surface area (Å²) in [6.07, 6.45) is 1.69. The van der Waals surface area contributed by atoms with Gasteiger partial charge in [-0.15, -0.1) is 10.2 Å². The molecule has 0 aromatic carbocycles. The summed E-state index contributed by atoms with van der Waals surface area (Å²) in [7, 11) is 0. The standard InChI is InChI=1S/C15H21N5O3S/c1-10(2)8-17-13(22)9-24-15-19-18-14(11-4-3-7-23-11)20(15)6-5-12(16)21/h3-4,7,10H,5-6,8-9H2,1-2H3,(H2,16,21)(H,17,22). The second-order valence-electron chi connectivity index (χ2n) is 5.64. The van der Waals surface area contributed by atoms with Crippen LogP contribution in [0.4, 0.5) is 0 Å². The number of hydrogen-bond donors (Lipinski definition) is 2. The highest BCUT2D eigenvalue weighted by atomic mass is 32.2. The molecule has 0 aliphatic rings. The summed E-state index contributed by atoms with van der Waals surface area (Å²) in [5.74, 6) is 1.18. The van der Waals surface area contributed by atoms with Crippen LogP contribution in [0.3, 0.4) is 0 Å². The lowest BCUT2D eigenvalue weighted by molar-refractivity contribution is -0.119. The molecule has 0 radical (unpaired) electrons. The molecule has 0 aliphatic heterocycles. The van der Waals surface area contributed by atoms with Crippen LogP contribution in [0.25, 0.3) is 11.6 Å². The average molecular weight is 351 g/mol. The molecule has 2 heterocycles. The third-order valence-corrected chi connectivity index (χ3v) is 4.05. The second kappa shape index (κ2) is 8.53. The van der Waals surface area contributed by atoms with Gasteiger partial charge in [-0.2, -0.15) is 0 Å². The topological polar surface area (TPSA) is 116 Å². The molecule has 0 fully saturated rings. The van der Waals surface area contributed by atoms with Crippen molar-refractivity contribution in [2.45, 2.75) is 32.0 Å². The Morgan fingerprint density at radius 3 is 2.83 bits per heavy atom. The number of carbonyl (C=O) groups is 2. The van der Waals surface area contributed by atoms with E-state index in [1.165, 1.54) is 18.0 Å². The number of primary amides is 1. The Morgan fingerprint density at radius 1 is 1.42 bits per heavy atom. The van der Waals surface area contributed by atoms with E-state index in [0.717, 1.165) is 0 Å². The first-order valence-electron chi connectivity index (χ1n) is 7.62. The predicted octanol–water partition coefficient (Wildman–Crippen LogP) is 1.28. The lowest BCUT2D eigenvalue weighted by Crippen LogP contribution is -2.28. The average Bonchev–Trinajstić information content (AvgIpc) is 3.17. The zero-order valence-corrected chi connectivity index (χ0v) is 14.5. The van der Waals surface area contributed by atoms with Crippen LogP contribution in [0.2, 0.25) is 0 Å². The number of nitrogens with two attached hydrogens (primary N) is 1. The van der Waals surface area contributed by atoms with Gasteiger partial charge in [0.05, 0.1) is 12.0 Å². The van der Waals surface area contributed by atoms with E-state index in [1.807, 2.05) is 13.8 Å². The number of thioether (sulfide) groups is 1. The molecular formula is C15H21N5O3S. The van der Waals surface area contributed by atoms with Crippen LogP contribution >= 0.6 is 11.8 Å². The first kappa shape index (κ1) is 18.1. The first-order chi connectivity index (χ1) is 11.5. The molecule has 2 rings (SSSR count). The number of aromatic nitrogens is 3. The molecule has 9 heteroatoms. The van der Waals surface area contributed by atoms with Gasteiger partial charge >= 0.3 is 0 Å². The van der Waals surface area contributed by atoms with Crippen molar-refractivity contribution in [3.8, 4) is 11.6 Å². The fraction of sp³-hybridized carbons (Fsp3) is 0.467. The maximum absolute atomic E-state index is 11.9. The number of amides is 2. The van der Waals surface area contributed by atoms with Crippen LogP contribution in [0.1, 0.15) is 20.3 Å². The molecule has 0 bridgehead atoms. The summed E-state index contributed by atoms with van der Waals surface area (Å²) < 4.78 is 7.08. The summed E-state index contributed by atoms with van der Waals surface area (Å²) >= 11 is 1.26. The van der Waals surface area contributed by atoms with Crippen molar-refractivity contribution < 1.29 is 14.0 Å². The number of furan rings is 1. The normalized spacial score (nSPS) is 11.0. The fourth-order valence-electron chi connectivity index (χ4n) is 1.91. The van der Waals surface area contributed by atoms with Crippen LogP contribution in [0, 0.1) is 5.92 Å². The van der Waals surface area contributed by atoms with Gasteiger partial charge in [0.2, 0.25) is 11.8 Å². The zero-order valence-electron chi connectivity index (χ0n) is 13.7. The third-order valence-electron chi connectivity index (χ3n) is 3.08. The number of nitrogens with zero attached hydrogens (tertiary/aromatic N) is 3. The van der Waals surface area contributed by atoms with Crippen LogP contribution in [-0.2, 0) is 16.1 Å². The van der Waals surface area contributed by atoms with Crippen molar-refractivity contribution in [2.75, 3.05) is 12.3 Å². The minimum absolute atomic E-state index is 0.0716. The molecule has 0 saturated carbocycles. The Hall–Kier alpha value is -2.29. The van der Waals surface area contributed by atoms with E-state index < -0.39 is 5.91 Å². The van der Waals surface area contributed by atoms with Gasteiger partial charge in [0.15, 0.2) is 16.7 Å². The van der Waals surface area contributed by atoms with Crippen LogP contribution in [-0.4, -0.2) is 38.9 Å². The van der Waals surface area contributed by atoms with E-state index >= 15 is 0 Å². The van der Waals surface area contributed by atoms with Crippen LogP contribution in [0.15, 0.2) is 28.0 Å². The van der Waals surface area contributed by atoms with Gasteiger partial charge in [-0.3, -0.25) is 14.2 Å². The van der Waals surface area contributed by atoms with E-state index in [0.29, 0.717) is 35.7 Å². The Morgan fingerprint density at radius 2 is 2.21 bits per heavy atom. The van der Waals surface area contributed by atoms with Crippen molar-refractivity contribution in [2.24, 2.45) is 11.7 Å². The van der Waals surface area contributed by atoms with Gasteiger partial charge in [-0.05, 0) is 18.1 Å². The molecule has 24 heavy (non-hydrogen) atoms.